The third-order valence-electron chi connectivity index (χ3n) is 3.02. The molecule has 1 aromatic carbocycles. The summed E-state index contributed by atoms with van der Waals surface area (Å²) in [4.78, 5) is 34.0. The Morgan fingerprint density at radius 3 is 2.70 bits per heavy atom. The molecule has 0 aromatic heterocycles. The second kappa shape index (κ2) is 8.99. The number of aliphatic carboxylic acids is 1. The van der Waals surface area contributed by atoms with Crippen molar-refractivity contribution in [2.75, 3.05) is 26.5 Å². The zero-order chi connectivity index (χ0) is 17.4. The maximum absolute atomic E-state index is 11.8. The van der Waals surface area contributed by atoms with Crippen LogP contribution >= 0.6 is 11.8 Å². The summed E-state index contributed by atoms with van der Waals surface area (Å²) >= 11 is 1.31. The molecule has 0 saturated heterocycles. The number of thioether (sulfide) groups is 1. The van der Waals surface area contributed by atoms with Gasteiger partial charge in [0.2, 0.25) is 5.91 Å². The minimum absolute atomic E-state index is 0.0996. The summed E-state index contributed by atoms with van der Waals surface area (Å²) in [6.45, 7) is 0.155. The minimum atomic E-state index is -0.956. The van der Waals surface area contributed by atoms with Crippen molar-refractivity contribution in [3.8, 4) is 5.75 Å². The third kappa shape index (κ3) is 6.15. The predicted octanol–water partition coefficient (Wildman–Crippen LogP) is 1.77. The highest BCUT2D eigenvalue weighted by Crippen LogP contribution is 2.28. The summed E-state index contributed by atoms with van der Waals surface area (Å²) in [6.07, 6.45) is -0.0996. The van der Waals surface area contributed by atoms with Crippen LogP contribution in [0.5, 0.6) is 5.75 Å². The molecule has 0 aliphatic rings. The van der Waals surface area contributed by atoms with Crippen LogP contribution in [0.2, 0.25) is 0 Å². The van der Waals surface area contributed by atoms with E-state index in [-0.39, 0.29) is 36.1 Å². The predicted molar refractivity (Wildman–Crippen MR) is 85.7 cm³/mol. The smallest absolute Gasteiger partial charge is 0.311 e. The van der Waals surface area contributed by atoms with Gasteiger partial charge in [-0.15, -0.1) is 11.8 Å². The quantitative estimate of drug-likeness (QED) is 0.538. The van der Waals surface area contributed by atoms with Crippen LogP contribution < -0.4 is 4.74 Å². The molecule has 1 rings (SSSR count). The monoisotopic (exact) mass is 342 g/mol. The number of carbonyl (C=O) groups excluding carboxylic acids is 1. The van der Waals surface area contributed by atoms with Crippen molar-refractivity contribution in [2.24, 2.45) is 0 Å². The number of methoxy groups -OCH3 is 1. The van der Waals surface area contributed by atoms with Crippen molar-refractivity contribution in [3.63, 3.8) is 0 Å². The van der Waals surface area contributed by atoms with Gasteiger partial charge in [0.25, 0.3) is 0 Å². The van der Waals surface area contributed by atoms with Gasteiger partial charge in [-0.1, -0.05) is 6.07 Å². The molecule has 8 nitrogen and oxygen atoms in total. The summed E-state index contributed by atoms with van der Waals surface area (Å²) in [6, 6.07) is 4.65. The van der Waals surface area contributed by atoms with E-state index in [0.29, 0.717) is 11.3 Å². The van der Waals surface area contributed by atoms with Crippen molar-refractivity contribution >= 4 is 29.3 Å². The number of carboxylic acids is 1. The zero-order valence-electron chi connectivity index (χ0n) is 12.9. The van der Waals surface area contributed by atoms with Crippen LogP contribution in [0.4, 0.5) is 5.69 Å². The Morgan fingerprint density at radius 2 is 2.13 bits per heavy atom. The Hall–Kier alpha value is -2.29. The largest absolute Gasteiger partial charge is 0.490 e. The van der Waals surface area contributed by atoms with Gasteiger partial charge in [0, 0.05) is 25.4 Å². The lowest BCUT2D eigenvalue weighted by Crippen LogP contribution is -2.30. The van der Waals surface area contributed by atoms with Gasteiger partial charge in [-0.05, 0) is 11.6 Å². The molecule has 1 N–H and O–H groups in total. The van der Waals surface area contributed by atoms with Gasteiger partial charge in [-0.25, -0.2) is 0 Å². The van der Waals surface area contributed by atoms with Gasteiger partial charge in [0.05, 0.1) is 24.2 Å². The van der Waals surface area contributed by atoms with Crippen LogP contribution in [0.1, 0.15) is 12.0 Å². The molecule has 23 heavy (non-hydrogen) atoms. The van der Waals surface area contributed by atoms with E-state index < -0.39 is 10.9 Å². The molecule has 0 spiro atoms. The van der Waals surface area contributed by atoms with Gasteiger partial charge in [-0.3, -0.25) is 19.7 Å². The van der Waals surface area contributed by atoms with E-state index in [1.165, 1.54) is 35.9 Å². The molecule has 0 radical (unpaired) electrons. The van der Waals surface area contributed by atoms with E-state index in [9.17, 15) is 19.7 Å². The highest BCUT2D eigenvalue weighted by atomic mass is 32.2. The minimum Gasteiger partial charge on any atom is -0.490 e. The Morgan fingerprint density at radius 1 is 1.43 bits per heavy atom. The molecule has 0 atom stereocenters. The molecule has 1 amide bonds. The van der Waals surface area contributed by atoms with Crippen molar-refractivity contribution in [1.29, 1.82) is 0 Å². The molecule has 0 saturated carbocycles. The molecular formula is C14H18N2O6S. The van der Waals surface area contributed by atoms with Crippen LogP contribution in [0.25, 0.3) is 0 Å². The fourth-order valence-electron chi connectivity index (χ4n) is 1.72. The number of carboxylic acid groups (broad SMARTS) is 1. The second-order valence-corrected chi connectivity index (χ2v) is 5.70. The van der Waals surface area contributed by atoms with Gasteiger partial charge < -0.3 is 14.7 Å². The number of benzene rings is 1. The van der Waals surface area contributed by atoms with Gasteiger partial charge >= 0.3 is 11.7 Å². The lowest BCUT2D eigenvalue weighted by Gasteiger charge is -2.15. The number of nitrogens with zero attached hydrogens (tertiary/aromatic N) is 2. The van der Waals surface area contributed by atoms with Crippen LogP contribution in [-0.4, -0.2) is 53.3 Å². The van der Waals surface area contributed by atoms with Gasteiger partial charge in [0.1, 0.15) is 0 Å². The van der Waals surface area contributed by atoms with Crippen molar-refractivity contribution < 1.29 is 24.4 Å². The van der Waals surface area contributed by atoms with Crippen LogP contribution in [0.3, 0.4) is 0 Å². The molecule has 9 heteroatoms. The van der Waals surface area contributed by atoms with E-state index in [2.05, 4.69) is 0 Å². The first-order chi connectivity index (χ1) is 10.8. The average molecular weight is 342 g/mol. The standard InChI is InChI=1S/C14H18N2O6S/c1-15(6-5-14(18)19)13(17)9-23-8-10-3-4-12(22-2)11(7-10)16(20)21/h3-4,7H,5-6,8-9H2,1-2H3,(H,18,19). The molecule has 0 heterocycles. The van der Waals surface area contributed by atoms with E-state index in [1.807, 2.05) is 0 Å². The first kappa shape index (κ1) is 18.8. The Balaban J connectivity index is 2.52. The normalized spacial score (nSPS) is 10.2. The number of nitro benzene ring substituents is 1. The second-order valence-electron chi connectivity index (χ2n) is 4.72. The lowest BCUT2D eigenvalue weighted by molar-refractivity contribution is -0.385. The summed E-state index contributed by atoms with van der Waals surface area (Å²) in [5.41, 5.74) is 0.596. The summed E-state index contributed by atoms with van der Waals surface area (Å²) in [5.74, 6) is -0.338. The van der Waals surface area contributed by atoms with E-state index in [4.69, 9.17) is 9.84 Å². The lowest BCUT2D eigenvalue weighted by atomic mass is 10.2. The number of rotatable bonds is 9. The highest BCUT2D eigenvalue weighted by molar-refractivity contribution is 7.99. The fraction of sp³-hybridized carbons (Fsp3) is 0.429. The molecule has 0 fully saturated rings. The summed E-state index contributed by atoms with van der Waals surface area (Å²) in [7, 11) is 2.91. The van der Waals surface area contributed by atoms with E-state index >= 15 is 0 Å². The number of hydrogen-bond acceptors (Lipinski definition) is 6. The number of amides is 1. The maximum atomic E-state index is 11.8. The first-order valence-electron chi connectivity index (χ1n) is 6.70. The number of carbonyl (C=O) groups is 2. The van der Waals surface area contributed by atoms with Crippen LogP contribution in [0, 0.1) is 10.1 Å². The molecule has 1 aromatic rings. The highest BCUT2D eigenvalue weighted by Gasteiger charge is 2.15. The van der Waals surface area contributed by atoms with Crippen LogP contribution in [-0.2, 0) is 15.3 Å². The first-order valence-corrected chi connectivity index (χ1v) is 7.85. The zero-order valence-corrected chi connectivity index (χ0v) is 13.7. The molecular weight excluding hydrogens is 324 g/mol. The Kier molecular flexibility index (Phi) is 7.33. The molecule has 0 unspecified atom stereocenters. The van der Waals surface area contributed by atoms with Gasteiger partial charge in [-0.2, -0.15) is 0 Å². The topological polar surface area (TPSA) is 110 Å². The molecule has 0 aliphatic heterocycles. The van der Waals surface area contributed by atoms with Gasteiger partial charge in [0.15, 0.2) is 5.75 Å². The average Bonchev–Trinajstić information content (AvgIpc) is 2.52. The number of nitro groups is 1. The Bertz CT molecular complexity index is 593. The summed E-state index contributed by atoms with van der Waals surface area (Å²) in [5, 5.41) is 19.5. The van der Waals surface area contributed by atoms with E-state index in [0.717, 1.165) is 0 Å². The Labute approximate surface area is 137 Å². The van der Waals surface area contributed by atoms with E-state index in [1.54, 1.807) is 13.1 Å². The van der Waals surface area contributed by atoms with Crippen molar-refractivity contribution in [3.05, 3.63) is 33.9 Å². The molecule has 0 bridgehead atoms. The molecule has 126 valence electrons. The maximum Gasteiger partial charge on any atom is 0.311 e. The third-order valence-corrected chi connectivity index (χ3v) is 4.01. The van der Waals surface area contributed by atoms with Crippen molar-refractivity contribution in [1.82, 2.24) is 4.90 Å². The van der Waals surface area contributed by atoms with Crippen molar-refractivity contribution in [2.45, 2.75) is 12.2 Å². The SMILES string of the molecule is COc1ccc(CSCC(=O)N(C)CCC(=O)O)cc1[N+](=O)[O-]. The fourth-order valence-corrected chi connectivity index (χ4v) is 2.63. The van der Waals surface area contributed by atoms with Crippen LogP contribution in [0.15, 0.2) is 18.2 Å². The summed E-state index contributed by atoms with van der Waals surface area (Å²) < 4.78 is 4.92. The molecule has 0 aliphatic carbocycles. The number of hydrogen-bond donors (Lipinski definition) is 1. The number of ether oxygens (including phenoxy) is 1.